The first-order valence-corrected chi connectivity index (χ1v) is 5.17. The van der Waals surface area contributed by atoms with Gasteiger partial charge in [-0.1, -0.05) is 0 Å². The smallest absolute Gasteiger partial charge is 0.337 e. The standard InChI is InChI=1S/C11H11NO3/c13-10-9-6-2-1-5(3-6)8(9)7(4-12-10)11(14)15/h4-6H,1-3H2,(H,12,13)(H,14,15). The molecule has 4 nitrogen and oxygen atoms in total. The Balaban J connectivity index is 2.32. The van der Waals surface area contributed by atoms with Crippen molar-refractivity contribution in [1.82, 2.24) is 4.98 Å². The molecule has 0 spiro atoms. The van der Waals surface area contributed by atoms with Crippen LogP contribution in [0.4, 0.5) is 0 Å². The quantitative estimate of drug-likeness (QED) is 0.728. The van der Waals surface area contributed by atoms with Gasteiger partial charge >= 0.3 is 5.97 Å². The molecule has 78 valence electrons. The largest absolute Gasteiger partial charge is 0.478 e. The lowest BCUT2D eigenvalue weighted by molar-refractivity contribution is 0.0694. The van der Waals surface area contributed by atoms with E-state index >= 15 is 0 Å². The molecular formula is C11H11NO3. The minimum atomic E-state index is -0.935. The van der Waals surface area contributed by atoms with E-state index in [0.717, 1.165) is 30.4 Å². The highest BCUT2D eigenvalue weighted by atomic mass is 16.4. The molecule has 2 bridgehead atoms. The molecule has 2 aliphatic rings. The predicted molar refractivity (Wildman–Crippen MR) is 53.4 cm³/mol. The zero-order chi connectivity index (χ0) is 10.6. The van der Waals surface area contributed by atoms with E-state index in [0.29, 0.717) is 11.8 Å². The Hall–Kier alpha value is -1.58. The van der Waals surface area contributed by atoms with Crippen molar-refractivity contribution >= 4 is 5.97 Å². The zero-order valence-corrected chi connectivity index (χ0v) is 8.12. The third kappa shape index (κ3) is 1.02. The predicted octanol–water partition coefficient (Wildman–Crippen LogP) is 1.44. The van der Waals surface area contributed by atoms with Crippen LogP contribution >= 0.6 is 0 Å². The number of pyridine rings is 1. The van der Waals surface area contributed by atoms with Gasteiger partial charge in [-0.3, -0.25) is 4.79 Å². The topological polar surface area (TPSA) is 70.2 Å². The van der Waals surface area contributed by atoms with Crippen molar-refractivity contribution < 1.29 is 9.90 Å². The van der Waals surface area contributed by atoms with Gasteiger partial charge < -0.3 is 10.1 Å². The van der Waals surface area contributed by atoms with Gasteiger partial charge in [-0.15, -0.1) is 0 Å². The Morgan fingerprint density at radius 3 is 2.67 bits per heavy atom. The normalized spacial score (nSPS) is 26.7. The van der Waals surface area contributed by atoms with E-state index < -0.39 is 5.97 Å². The maximum Gasteiger partial charge on any atom is 0.337 e. The van der Waals surface area contributed by atoms with Crippen molar-refractivity contribution in [2.24, 2.45) is 0 Å². The first-order chi connectivity index (χ1) is 7.18. The number of aromatic amines is 1. The minimum absolute atomic E-state index is 0.0952. The molecule has 0 amide bonds. The average molecular weight is 205 g/mol. The number of carboxylic acids is 1. The van der Waals surface area contributed by atoms with Gasteiger partial charge in [-0.05, 0) is 36.7 Å². The molecule has 0 aliphatic heterocycles. The van der Waals surface area contributed by atoms with Crippen LogP contribution in [-0.2, 0) is 0 Å². The summed E-state index contributed by atoms with van der Waals surface area (Å²) in [6, 6.07) is 0. The van der Waals surface area contributed by atoms with Crippen LogP contribution < -0.4 is 5.56 Å². The van der Waals surface area contributed by atoms with Crippen LogP contribution in [0, 0.1) is 0 Å². The number of nitrogens with one attached hydrogen (secondary N) is 1. The number of aromatic carboxylic acids is 1. The summed E-state index contributed by atoms with van der Waals surface area (Å²) in [7, 11) is 0. The Morgan fingerprint density at radius 2 is 2.00 bits per heavy atom. The summed E-state index contributed by atoms with van der Waals surface area (Å²) >= 11 is 0. The van der Waals surface area contributed by atoms with E-state index in [9.17, 15) is 9.59 Å². The molecule has 2 N–H and O–H groups in total. The molecule has 0 saturated heterocycles. The zero-order valence-electron chi connectivity index (χ0n) is 8.12. The highest BCUT2D eigenvalue weighted by Gasteiger charge is 2.41. The molecule has 1 aromatic heterocycles. The van der Waals surface area contributed by atoms with Crippen molar-refractivity contribution in [1.29, 1.82) is 0 Å². The lowest BCUT2D eigenvalue weighted by Gasteiger charge is -2.15. The first-order valence-electron chi connectivity index (χ1n) is 5.17. The Kier molecular flexibility index (Phi) is 1.58. The monoisotopic (exact) mass is 205 g/mol. The number of carbonyl (C=O) groups is 1. The van der Waals surface area contributed by atoms with Gasteiger partial charge in [0.1, 0.15) is 0 Å². The molecule has 4 heteroatoms. The summed E-state index contributed by atoms with van der Waals surface area (Å²) < 4.78 is 0. The fraction of sp³-hybridized carbons (Fsp3) is 0.455. The number of hydrogen-bond donors (Lipinski definition) is 2. The molecule has 1 fully saturated rings. The van der Waals surface area contributed by atoms with Crippen molar-refractivity contribution in [3.05, 3.63) is 33.2 Å². The van der Waals surface area contributed by atoms with Gasteiger partial charge in [-0.25, -0.2) is 4.79 Å². The average Bonchev–Trinajstić information content (AvgIpc) is 2.78. The van der Waals surface area contributed by atoms with Crippen LogP contribution in [0.3, 0.4) is 0 Å². The molecule has 0 aromatic carbocycles. The summed E-state index contributed by atoms with van der Waals surface area (Å²) in [6.45, 7) is 0. The van der Waals surface area contributed by atoms with Crippen molar-refractivity contribution in [2.75, 3.05) is 0 Å². The summed E-state index contributed by atoms with van der Waals surface area (Å²) in [6.07, 6.45) is 4.36. The first kappa shape index (κ1) is 8.71. The Bertz CT molecular complexity index is 503. The Morgan fingerprint density at radius 1 is 1.33 bits per heavy atom. The van der Waals surface area contributed by atoms with E-state index in [4.69, 9.17) is 5.11 Å². The summed E-state index contributed by atoms with van der Waals surface area (Å²) in [4.78, 5) is 25.2. The van der Waals surface area contributed by atoms with E-state index in [-0.39, 0.29) is 11.1 Å². The SMILES string of the molecule is O=C(O)c1c[nH]c(=O)c2c1C1CCC2C1. The van der Waals surface area contributed by atoms with Crippen LogP contribution in [0.2, 0.25) is 0 Å². The van der Waals surface area contributed by atoms with Crippen molar-refractivity contribution in [3.63, 3.8) is 0 Å². The number of hydrogen-bond acceptors (Lipinski definition) is 2. The fourth-order valence-corrected chi connectivity index (χ4v) is 3.09. The number of rotatable bonds is 1. The summed E-state index contributed by atoms with van der Waals surface area (Å²) in [5.74, 6) is -0.332. The van der Waals surface area contributed by atoms with Gasteiger partial charge in [0.05, 0.1) is 5.56 Å². The molecule has 1 heterocycles. The molecule has 15 heavy (non-hydrogen) atoms. The van der Waals surface area contributed by atoms with Crippen LogP contribution in [0.5, 0.6) is 0 Å². The van der Waals surface area contributed by atoms with Crippen LogP contribution in [0.25, 0.3) is 0 Å². The van der Waals surface area contributed by atoms with Crippen LogP contribution in [0.1, 0.15) is 52.6 Å². The van der Waals surface area contributed by atoms with Crippen LogP contribution in [0.15, 0.2) is 11.0 Å². The molecule has 1 saturated carbocycles. The molecule has 2 unspecified atom stereocenters. The maximum absolute atomic E-state index is 11.6. The molecule has 2 atom stereocenters. The van der Waals surface area contributed by atoms with Crippen LogP contribution in [-0.4, -0.2) is 16.1 Å². The van der Waals surface area contributed by atoms with Crippen molar-refractivity contribution in [2.45, 2.75) is 31.1 Å². The number of aromatic nitrogens is 1. The van der Waals surface area contributed by atoms with Crippen molar-refractivity contribution in [3.8, 4) is 0 Å². The van der Waals surface area contributed by atoms with E-state index in [1.807, 2.05) is 0 Å². The number of carboxylic acid groups (broad SMARTS) is 1. The van der Waals surface area contributed by atoms with Gasteiger partial charge in [0.15, 0.2) is 0 Å². The molecule has 3 rings (SSSR count). The molecule has 0 radical (unpaired) electrons. The highest BCUT2D eigenvalue weighted by Crippen LogP contribution is 2.52. The fourth-order valence-electron chi connectivity index (χ4n) is 3.09. The van der Waals surface area contributed by atoms with Gasteiger partial charge in [0.2, 0.25) is 0 Å². The minimum Gasteiger partial charge on any atom is -0.478 e. The molecular weight excluding hydrogens is 194 g/mol. The second-order valence-corrected chi connectivity index (χ2v) is 4.37. The van der Waals surface area contributed by atoms with E-state index in [2.05, 4.69) is 4.98 Å². The number of fused-ring (bicyclic) bond motifs is 5. The third-order valence-corrected chi connectivity index (χ3v) is 3.65. The summed E-state index contributed by atoms with van der Waals surface area (Å²) in [5.41, 5.74) is 1.74. The molecule has 2 aliphatic carbocycles. The molecule has 1 aromatic rings. The van der Waals surface area contributed by atoms with E-state index in [1.54, 1.807) is 0 Å². The highest BCUT2D eigenvalue weighted by molar-refractivity contribution is 5.90. The lowest BCUT2D eigenvalue weighted by atomic mass is 9.90. The third-order valence-electron chi connectivity index (χ3n) is 3.65. The van der Waals surface area contributed by atoms with Gasteiger partial charge in [0, 0.05) is 11.8 Å². The second kappa shape index (κ2) is 2.72. The Labute approximate surface area is 85.9 Å². The van der Waals surface area contributed by atoms with Gasteiger partial charge in [0.25, 0.3) is 5.56 Å². The van der Waals surface area contributed by atoms with Gasteiger partial charge in [-0.2, -0.15) is 0 Å². The second-order valence-electron chi connectivity index (χ2n) is 4.37. The lowest BCUT2D eigenvalue weighted by Crippen LogP contribution is -2.20. The number of H-pyrrole nitrogens is 1. The maximum atomic E-state index is 11.6. The summed E-state index contributed by atoms with van der Waals surface area (Å²) in [5, 5.41) is 9.05. The van der Waals surface area contributed by atoms with E-state index in [1.165, 1.54) is 6.20 Å².